The van der Waals surface area contributed by atoms with E-state index < -0.39 is 14.8 Å². The first-order valence-corrected chi connectivity index (χ1v) is 9.88. The Morgan fingerprint density at radius 1 is 1.25 bits per heavy atom. The van der Waals surface area contributed by atoms with Crippen molar-refractivity contribution in [2.24, 2.45) is 0 Å². The highest BCUT2D eigenvalue weighted by Crippen LogP contribution is 2.33. The molecular weight excluding hydrogens is 330 g/mol. The largest absolute Gasteiger partial charge is 0.377 e. The Hall–Kier alpha value is -1.67. The van der Waals surface area contributed by atoms with E-state index in [1.165, 1.54) is 12.1 Å². The summed E-state index contributed by atoms with van der Waals surface area (Å²) in [4.78, 5) is 12.9. The SMILES string of the molecule is CC(C)(C)N1CCC(Nc2cccc(S(C)(=O)=O)c2[N+](=O)[O-])CC1. The second-order valence-corrected chi connectivity index (χ2v) is 9.24. The topological polar surface area (TPSA) is 92.6 Å². The Morgan fingerprint density at radius 3 is 2.29 bits per heavy atom. The molecule has 0 bridgehead atoms. The van der Waals surface area contributed by atoms with Gasteiger partial charge in [0.05, 0.1) is 4.92 Å². The van der Waals surface area contributed by atoms with Crippen LogP contribution in [0.5, 0.6) is 0 Å². The van der Waals surface area contributed by atoms with Crippen LogP contribution in [0.15, 0.2) is 23.1 Å². The van der Waals surface area contributed by atoms with Gasteiger partial charge in [-0.1, -0.05) is 6.07 Å². The van der Waals surface area contributed by atoms with Gasteiger partial charge in [-0.2, -0.15) is 0 Å². The summed E-state index contributed by atoms with van der Waals surface area (Å²) in [6.07, 6.45) is 2.70. The van der Waals surface area contributed by atoms with Crippen LogP contribution in [0.4, 0.5) is 11.4 Å². The zero-order chi connectivity index (χ0) is 18.1. The van der Waals surface area contributed by atoms with Crippen molar-refractivity contribution < 1.29 is 13.3 Å². The van der Waals surface area contributed by atoms with Crippen molar-refractivity contribution in [3.63, 3.8) is 0 Å². The average molecular weight is 355 g/mol. The highest BCUT2D eigenvalue weighted by molar-refractivity contribution is 7.90. The molecule has 0 radical (unpaired) electrons. The zero-order valence-electron chi connectivity index (χ0n) is 14.6. The van der Waals surface area contributed by atoms with E-state index >= 15 is 0 Å². The van der Waals surface area contributed by atoms with Crippen LogP contribution in [0.2, 0.25) is 0 Å². The Labute approximate surface area is 143 Å². The summed E-state index contributed by atoms with van der Waals surface area (Å²) in [5.74, 6) is 0. The number of para-hydroxylation sites is 1. The summed E-state index contributed by atoms with van der Waals surface area (Å²) in [5.41, 5.74) is 0.0167. The fraction of sp³-hybridized carbons (Fsp3) is 0.625. The lowest BCUT2D eigenvalue weighted by molar-refractivity contribution is -0.386. The van der Waals surface area contributed by atoms with Crippen LogP contribution in [0.25, 0.3) is 0 Å². The van der Waals surface area contributed by atoms with E-state index in [0.717, 1.165) is 32.2 Å². The van der Waals surface area contributed by atoms with Crippen LogP contribution in [-0.2, 0) is 9.84 Å². The molecule has 1 N–H and O–H groups in total. The average Bonchev–Trinajstić information content (AvgIpc) is 2.45. The van der Waals surface area contributed by atoms with Crippen LogP contribution in [0, 0.1) is 10.1 Å². The second-order valence-electron chi connectivity index (χ2n) is 7.26. The molecule has 7 nitrogen and oxygen atoms in total. The summed E-state index contributed by atoms with van der Waals surface area (Å²) in [6.45, 7) is 8.31. The minimum atomic E-state index is -3.66. The highest BCUT2D eigenvalue weighted by atomic mass is 32.2. The molecule has 8 heteroatoms. The minimum Gasteiger partial charge on any atom is -0.377 e. The van der Waals surface area contributed by atoms with Crippen molar-refractivity contribution in [2.75, 3.05) is 24.7 Å². The third kappa shape index (κ3) is 4.24. The highest BCUT2D eigenvalue weighted by Gasteiger charge is 2.30. The number of rotatable bonds is 4. The van der Waals surface area contributed by atoms with Gasteiger partial charge < -0.3 is 5.32 Å². The van der Waals surface area contributed by atoms with E-state index in [1.807, 2.05) is 0 Å². The summed E-state index contributed by atoms with van der Waals surface area (Å²) in [6, 6.07) is 4.48. The Morgan fingerprint density at radius 2 is 1.83 bits per heavy atom. The number of nitrogens with one attached hydrogen (secondary N) is 1. The number of hydrogen-bond acceptors (Lipinski definition) is 6. The summed E-state index contributed by atoms with van der Waals surface area (Å²) in [7, 11) is -3.66. The predicted molar refractivity (Wildman–Crippen MR) is 94.2 cm³/mol. The monoisotopic (exact) mass is 355 g/mol. The van der Waals surface area contributed by atoms with Gasteiger partial charge in [-0.25, -0.2) is 8.42 Å². The molecule has 1 aliphatic heterocycles. The summed E-state index contributed by atoms with van der Waals surface area (Å²) < 4.78 is 23.6. The third-order valence-corrected chi connectivity index (χ3v) is 5.51. The van der Waals surface area contributed by atoms with E-state index in [1.54, 1.807) is 6.07 Å². The molecule has 1 fully saturated rings. The van der Waals surface area contributed by atoms with Gasteiger partial charge in [0.15, 0.2) is 9.84 Å². The predicted octanol–water partition coefficient (Wildman–Crippen LogP) is 2.67. The van der Waals surface area contributed by atoms with Crippen molar-refractivity contribution in [1.82, 2.24) is 4.90 Å². The number of nitro benzene ring substituents is 1. The molecule has 1 heterocycles. The number of hydrogen-bond donors (Lipinski definition) is 1. The lowest BCUT2D eigenvalue weighted by Crippen LogP contribution is -2.48. The van der Waals surface area contributed by atoms with Gasteiger partial charge in [-0.15, -0.1) is 0 Å². The molecule has 0 amide bonds. The quantitative estimate of drug-likeness (QED) is 0.659. The van der Waals surface area contributed by atoms with Crippen LogP contribution < -0.4 is 5.32 Å². The maximum Gasteiger partial charge on any atom is 0.310 e. The van der Waals surface area contributed by atoms with Crippen LogP contribution >= 0.6 is 0 Å². The number of piperidine rings is 1. The lowest BCUT2D eigenvalue weighted by Gasteiger charge is -2.41. The molecule has 1 aromatic carbocycles. The third-order valence-electron chi connectivity index (χ3n) is 4.38. The first kappa shape index (κ1) is 18.7. The molecule has 0 aromatic heterocycles. The second kappa shape index (κ2) is 6.68. The van der Waals surface area contributed by atoms with Gasteiger partial charge in [0.2, 0.25) is 0 Å². The van der Waals surface area contributed by atoms with Crippen LogP contribution in [0.3, 0.4) is 0 Å². The van der Waals surface area contributed by atoms with Crippen LogP contribution in [-0.4, -0.2) is 49.2 Å². The molecule has 0 unspecified atom stereocenters. The fourth-order valence-corrected chi connectivity index (χ4v) is 3.90. The molecule has 134 valence electrons. The lowest BCUT2D eigenvalue weighted by atomic mass is 9.98. The maximum atomic E-state index is 11.8. The van der Waals surface area contributed by atoms with E-state index in [9.17, 15) is 18.5 Å². The molecule has 1 aromatic rings. The van der Waals surface area contributed by atoms with Gasteiger partial charge in [0, 0.05) is 30.9 Å². The zero-order valence-corrected chi connectivity index (χ0v) is 15.4. The minimum absolute atomic E-state index is 0.0945. The van der Waals surface area contributed by atoms with Crippen molar-refractivity contribution in [2.45, 2.75) is 50.1 Å². The number of sulfone groups is 1. The summed E-state index contributed by atoms with van der Waals surface area (Å²) in [5, 5.41) is 14.6. The van der Waals surface area contributed by atoms with Crippen molar-refractivity contribution in [3.8, 4) is 0 Å². The Kier molecular flexibility index (Phi) is 5.19. The molecule has 0 saturated carbocycles. The molecular formula is C16H25N3O4S. The molecule has 1 saturated heterocycles. The van der Waals surface area contributed by atoms with Gasteiger partial charge in [0.25, 0.3) is 0 Å². The fourth-order valence-electron chi connectivity index (χ4n) is 3.04. The number of benzene rings is 1. The maximum absolute atomic E-state index is 11.8. The standard InChI is InChI=1S/C16H25N3O4S/c1-16(2,3)18-10-8-12(9-11-18)17-13-6-5-7-14(24(4,22)23)15(13)19(20)21/h5-7,12,17H,8-11H2,1-4H3. The number of likely N-dealkylation sites (tertiary alicyclic amines) is 1. The van der Waals surface area contributed by atoms with E-state index in [-0.39, 0.29) is 27.9 Å². The van der Waals surface area contributed by atoms with Crippen molar-refractivity contribution in [3.05, 3.63) is 28.3 Å². The molecule has 0 spiro atoms. The number of nitrogens with zero attached hydrogens (tertiary/aromatic N) is 2. The molecule has 2 rings (SSSR count). The number of anilines is 1. The normalized spacial score (nSPS) is 17.7. The van der Waals surface area contributed by atoms with Gasteiger partial charge in [0.1, 0.15) is 10.6 Å². The number of nitro groups is 1. The summed E-state index contributed by atoms with van der Waals surface area (Å²) >= 11 is 0. The van der Waals surface area contributed by atoms with Crippen molar-refractivity contribution >= 4 is 21.2 Å². The van der Waals surface area contributed by atoms with E-state index in [0.29, 0.717) is 0 Å². The Bertz CT molecular complexity index is 717. The van der Waals surface area contributed by atoms with Crippen LogP contribution in [0.1, 0.15) is 33.6 Å². The van der Waals surface area contributed by atoms with Gasteiger partial charge in [-0.3, -0.25) is 15.0 Å². The van der Waals surface area contributed by atoms with Gasteiger partial charge >= 0.3 is 5.69 Å². The first-order valence-electron chi connectivity index (χ1n) is 7.99. The molecule has 1 aliphatic rings. The van der Waals surface area contributed by atoms with Gasteiger partial charge in [-0.05, 0) is 45.7 Å². The van der Waals surface area contributed by atoms with E-state index in [4.69, 9.17) is 0 Å². The smallest absolute Gasteiger partial charge is 0.310 e. The molecule has 0 atom stereocenters. The first-order chi connectivity index (χ1) is 11.0. The Balaban J connectivity index is 2.21. The van der Waals surface area contributed by atoms with E-state index in [2.05, 4.69) is 31.0 Å². The van der Waals surface area contributed by atoms with Crippen molar-refractivity contribution in [1.29, 1.82) is 0 Å². The molecule has 0 aliphatic carbocycles. The molecule has 24 heavy (non-hydrogen) atoms.